The molecule has 0 radical (unpaired) electrons. The fraction of sp³-hybridized carbons (Fsp3) is 0.412. The number of aromatic nitrogens is 3. The molecule has 1 saturated heterocycles. The Bertz CT molecular complexity index is 830. The van der Waals surface area contributed by atoms with Crippen LogP contribution < -0.4 is 5.56 Å². The van der Waals surface area contributed by atoms with Crippen molar-refractivity contribution in [2.45, 2.75) is 19.1 Å². The molecule has 0 aromatic carbocycles. The molecule has 2 aromatic heterocycles. The Hall–Kier alpha value is -2.58. The third kappa shape index (κ3) is 3.18. The van der Waals surface area contributed by atoms with Crippen LogP contribution >= 0.6 is 0 Å². The van der Waals surface area contributed by atoms with Gasteiger partial charge in [0, 0.05) is 18.3 Å². The molecule has 2 aliphatic rings. The van der Waals surface area contributed by atoms with E-state index in [1.165, 1.54) is 0 Å². The first-order chi connectivity index (χ1) is 12.2. The van der Waals surface area contributed by atoms with Gasteiger partial charge >= 0.3 is 0 Å². The SMILES string of the molecule is O=C([C@@H]1COCCO1)N1CCc2c(nc(-c3ccccn3)[nH]c2=O)C1. The van der Waals surface area contributed by atoms with Crippen LogP contribution in [0.3, 0.4) is 0 Å². The van der Waals surface area contributed by atoms with Gasteiger partial charge in [0.05, 0.1) is 32.1 Å². The van der Waals surface area contributed by atoms with Gasteiger partial charge in [0.15, 0.2) is 11.9 Å². The van der Waals surface area contributed by atoms with Gasteiger partial charge in [-0.2, -0.15) is 0 Å². The summed E-state index contributed by atoms with van der Waals surface area (Å²) in [4.78, 5) is 38.2. The van der Waals surface area contributed by atoms with Crippen LogP contribution in [0.1, 0.15) is 11.3 Å². The van der Waals surface area contributed by atoms with Gasteiger partial charge in [0.1, 0.15) is 5.69 Å². The maximum atomic E-state index is 12.6. The van der Waals surface area contributed by atoms with E-state index in [2.05, 4.69) is 15.0 Å². The second kappa shape index (κ2) is 6.73. The number of rotatable bonds is 2. The van der Waals surface area contributed by atoms with E-state index in [0.29, 0.717) is 49.0 Å². The van der Waals surface area contributed by atoms with Gasteiger partial charge < -0.3 is 19.4 Å². The molecule has 2 aliphatic heterocycles. The minimum Gasteiger partial charge on any atom is -0.376 e. The van der Waals surface area contributed by atoms with E-state index in [-0.39, 0.29) is 24.6 Å². The Morgan fingerprint density at radius 2 is 2.24 bits per heavy atom. The molecule has 0 saturated carbocycles. The van der Waals surface area contributed by atoms with Crippen molar-refractivity contribution in [1.29, 1.82) is 0 Å². The van der Waals surface area contributed by atoms with Crippen molar-refractivity contribution in [2.75, 3.05) is 26.4 Å². The van der Waals surface area contributed by atoms with Crippen LogP contribution in [0.25, 0.3) is 11.5 Å². The van der Waals surface area contributed by atoms with Crippen molar-refractivity contribution in [3.63, 3.8) is 0 Å². The zero-order valence-electron chi connectivity index (χ0n) is 13.6. The Balaban J connectivity index is 1.60. The van der Waals surface area contributed by atoms with Crippen LogP contribution in [-0.4, -0.2) is 58.2 Å². The van der Waals surface area contributed by atoms with Crippen LogP contribution in [-0.2, 0) is 27.2 Å². The zero-order chi connectivity index (χ0) is 17.2. The number of amides is 1. The van der Waals surface area contributed by atoms with Crippen molar-refractivity contribution < 1.29 is 14.3 Å². The highest BCUT2D eigenvalue weighted by atomic mass is 16.6. The molecular weight excluding hydrogens is 324 g/mol. The van der Waals surface area contributed by atoms with Gasteiger partial charge in [-0.1, -0.05) is 6.07 Å². The first-order valence-corrected chi connectivity index (χ1v) is 8.24. The number of carbonyl (C=O) groups excluding carboxylic acids is 1. The standard InChI is InChI=1S/C17H18N4O4/c22-16-11-4-6-21(17(23)14-10-24-7-8-25-14)9-13(11)19-15(20-16)12-3-1-2-5-18-12/h1-3,5,14H,4,6-10H2,(H,19,20,22)/t14-/m0/s1. The number of nitrogens with zero attached hydrogens (tertiary/aromatic N) is 3. The second-order valence-corrected chi connectivity index (χ2v) is 6.00. The van der Waals surface area contributed by atoms with Gasteiger partial charge in [-0.25, -0.2) is 4.98 Å². The minimum absolute atomic E-state index is 0.119. The summed E-state index contributed by atoms with van der Waals surface area (Å²) in [7, 11) is 0. The highest BCUT2D eigenvalue weighted by Gasteiger charge is 2.31. The monoisotopic (exact) mass is 342 g/mol. The summed E-state index contributed by atoms with van der Waals surface area (Å²) in [6, 6.07) is 5.41. The molecule has 1 amide bonds. The molecule has 0 aliphatic carbocycles. The van der Waals surface area contributed by atoms with E-state index in [4.69, 9.17) is 9.47 Å². The summed E-state index contributed by atoms with van der Waals surface area (Å²) >= 11 is 0. The normalized spacial score (nSPS) is 20.2. The number of H-pyrrole nitrogens is 1. The Kier molecular flexibility index (Phi) is 4.29. The van der Waals surface area contributed by atoms with Crippen LogP contribution in [0.5, 0.6) is 0 Å². The van der Waals surface area contributed by atoms with Crippen LogP contribution in [0.2, 0.25) is 0 Å². The Labute approximate surface area is 143 Å². The molecule has 1 fully saturated rings. The van der Waals surface area contributed by atoms with Gasteiger partial charge in [0.2, 0.25) is 0 Å². The lowest BCUT2D eigenvalue weighted by atomic mass is 10.1. The number of carbonyl (C=O) groups is 1. The first-order valence-electron chi connectivity index (χ1n) is 8.24. The molecule has 25 heavy (non-hydrogen) atoms. The highest BCUT2D eigenvalue weighted by molar-refractivity contribution is 5.81. The lowest BCUT2D eigenvalue weighted by molar-refractivity contribution is -0.158. The Morgan fingerprint density at radius 3 is 3.00 bits per heavy atom. The van der Waals surface area contributed by atoms with E-state index in [0.717, 1.165) is 0 Å². The van der Waals surface area contributed by atoms with Crippen molar-refractivity contribution >= 4 is 5.91 Å². The van der Waals surface area contributed by atoms with Gasteiger partial charge in [0.25, 0.3) is 11.5 Å². The Morgan fingerprint density at radius 1 is 1.32 bits per heavy atom. The quantitative estimate of drug-likeness (QED) is 0.833. The molecule has 0 bridgehead atoms. The van der Waals surface area contributed by atoms with E-state index in [9.17, 15) is 9.59 Å². The zero-order valence-corrected chi connectivity index (χ0v) is 13.6. The lowest BCUT2D eigenvalue weighted by Crippen LogP contribution is -2.48. The predicted octanol–water partition coefficient (Wildman–Crippen LogP) is 0.132. The second-order valence-electron chi connectivity index (χ2n) is 6.00. The number of hydrogen-bond acceptors (Lipinski definition) is 6. The first kappa shape index (κ1) is 15.9. The average Bonchev–Trinajstić information content (AvgIpc) is 2.68. The molecule has 130 valence electrons. The molecule has 0 unspecified atom stereocenters. The van der Waals surface area contributed by atoms with E-state index in [1.54, 1.807) is 23.2 Å². The van der Waals surface area contributed by atoms with E-state index >= 15 is 0 Å². The molecule has 0 spiro atoms. The molecule has 4 heterocycles. The summed E-state index contributed by atoms with van der Waals surface area (Å²) in [6.07, 6.45) is 1.54. The summed E-state index contributed by atoms with van der Waals surface area (Å²) in [5, 5.41) is 0. The molecule has 4 rings (SSSR count). The highest BCUT2D eigenvalue weighted by Crippen LogP contribution is 2.19. The largest absolute Gasteiger partial charge is 0.376 e. The number of hydrogen-bond donors (Lipinski definition) is 1. The summed E-state index contributed by atoms with van der Waals surface area (Å²) in [5.74, 6) is 0.294. The van der Waals surface area contributed by atoms with Gasteiger partial charge in [-0.3, -0.25) is 14.6 Å². The fourth-order valence-corrected chi connectivity index (χ4v) is 3.09. The summed E-state index contributed by atoms with van der Waals surface area (Å²) < 4.78 is 10.8. The van der Waals surface area contributed by atoms with Crippen molar-refractivity contribution in [2.24, 2.45) is 0 Å². The van der Waals surface area contributed by atoms with Crippen LogP contribution in [0.4, 0.5) is 0 Å². The smallest absolute Gasteiger partial charge is 0.254 e. The molecule has 8 nitrogen and oxygen atoms in total. The summed E-state index contributed by atoms with van der Waals surface area (Å²) in [5.41, 5.74) is 1.66. The average molecular weight is 342 g/mol. The number of pyridine rings is 1. The van der Waals surface area contributed by atoms with Crippen molar-refractivity contribution in [3.8, 4) is 11.5 Å². The fourth-order valence-electron chi connectivity index (χ4n) is 3.09. The maximum absolute atomic E-state index is 12.6. The third-order valence-electron chi connectivity index (χ3n) is 4.38. The minimum atomic E-state index is -0.576. The van der Waals surface area contributed by atoms with E-state index < -0.39 is 6.10 Å². The molecular formula is C17H18N4O4. The van der Waals surface area contributed by atoms with Crippen molar-refractivity contribution in [1.82, 2.24) is 19.9 Å². The molecule has 1 atom stereocenters. The van der Waals surface area contributed by atoms with E-state index in [1.807, 2.05) is 6.07 Å². The molecule has 2 aromatic rings. The third-order valence-corrected chi connectivity index (χ3v) is 4.38. The molecule has 8 heteroatoms. The maximum Gasteiger partial charge on any atom is 0.254 e. The lowest BCUT2D eigenvalue weighted by Gasteiger charge is -2.32. The molecule has 1 N–H and O–H groups in total. The summed E-state index contributed by atoms with van der Waals surface area (Å²) in [6.45, 7) is 1.96. The predicted molar refractivity (Wildman–Crippen MR) is 87.8 cm³/mol. The number of ether oxygens (including phenoxy) is 2. The van der Waals surface area contributed by atoms with Crippen molar-refractivity contribution in [3.05, 3.63) is 46.0 Å². The number of fused-ring (bicyclic) bond motifs is 1. The van der Waals surface area contributed by atoms with Gasteiger partial charge in [-0.05, 0) is 18.6 Å². The van der Waals surface area contributed by atoms with Crippen LogP contribution in [0, 0.1) is 0 Å². The van der Waals surface area contributed by atoms with Gasteiger partial charge in [-0.15, -0.1) is 0 Å². The topological polar surface area (TPSA) is 97.4 Å². The van der Waals surface area contributed by atoms with Crippen LogP contribution in [0.15, 0.2) is 29.2 Å². The number of aromatic amines is 1. The number of nitrogens with one attached hydrogen (secondary N) is 1.